The van der Waals surface area contributed by atoms with Gasteiger partial charge in [-0.3, -0.25) is 4.79 Å². The third kappa shape index (κ3) is 5.38. The van der Waals surface area contributed by atoms with E-state index in [-0.39, 0.29) is 42.2 Å². The SMILES string of the molecule is COc1nc(NCCO)nc(OC)c1NC(=O)c1csc(Oc2cc(C)ccc2C)n1. The quantitative estimate of drug-likeness (QED) is 0.455. The van der Waals surface area contributed by atoms with Gasteiger partial charge in [0.1, 0.15) is 11.4 Å². The van der Waals surface area contributed by atoms with Gasteiger partial charge >= 0.3 is 0 Å². The molecular formula is C20H23N5O5S. The molecule has 1 aromatic carbocycles. The first kappa shape index (κ1) is 22.2. The van der Waals surface area contributed by atoms with Gasteiger partial charge in [-0.05, 0) is 31.0 Å². The Morgan fingerprint density at radius 2 is 1.84 bits per heavy atom. The second-order valence-corrected chi connectivity index (χ2v) is 7.24. The molecule has 0 bridgehead atoms. The zero-order valence-corrected chi connectivity index (χ0v) is 18.4. The van der Waals surface area contributed by atoms with Crippen LogP contribution in [0, 0.1) is 13.8 Å². The summed E-state index contributed by atoms with van der Waals surface area (Å²) in [6, 6.07) is 5.87. The number of benzene rings is 1. The van der Waals surface area contributed by atoms with Crippen LogP contribution in [0.1, 0.15) is 21.6 Å². The first-order valence-electron chi connectivity index (χ1n) is 9.32. The van der Waals surface area contributed by atoms with Crippen LogP contribution in [-0.4, -0.2) is 53.3 Å². The fourth-order valence-corrected chi connectivity index (χ4v) is 3.23. The van der Waals surface area contributed by atoms with Crippen molar-refractivity contribution in [1.82, 2.24) is 15.0 Å². The molecule has 0 radical (unpaired) electrons. The molecular weight excluding hydrogens is 422 g/mol. The Kier molecular flexibility index (Phi) is 7.21. The molecule has 31 heavy (non-hydrogen) atoms. The minimum Gasteiger partial charge on any atom is -0.479 e. The van der Waals surface area contributed by atoms with Gasteiger partial charge in [0.15, 0.2) is 5.69 Å². The Balaban J connectivity index is 1.79. The lowest BCUT2D eigenvalue weighted by Gasteiger charge is -2.14. The van der Waals surface area contributed by atoms with E-state index in [4.69, 9.17) is 19.3 Å². The van der Waals surface area contributed by atoms with Crippen molar-refractivity contribution in [2.45, 2.75) is 13.8 Å². The van der Waals surface area contributed by atoms with Gasteiger partial charge in [-0.1, -0.05) is 23.5 Å². The van der Waals surface area contributed by atoms with Crippen LogP contribution in [0.3, 0.4) is 0 Å². The predicted molar refractivity (Wildman–Crippen MR) is 117 cm³/mol. The summed E-state index contributed by atoms with van der Waals surface area (Å²) >= 11 is 1.21. The highest BCUT2D eigenvalue weighted by Crippen LogP contribution is 2.33. The Bertz CT molecular complexity index is 1050. The van der Waals surface area contributed by atoms with Crippen molar-refractivity contribution in [2.75, 3.05) is 38.0 Å². The summed E-state index contributed by atoms with van der Waals surface area (Å²) in [5.74, 6) is 0.580. The number of methoxy groups -OCH3 is 2. The van der Waals surface area contributed by atoms with Gasteiger partial charge in [0.25, 0.3) is 11.1 Å². The standard InChI is InChI=1S/C20H23N5O5S/c1-11-5-6-12(2)14(9-11)30-20-22-13(10-31-20)16(27)23-15-17(28-3)24-19(21-7-8-26)25-18(15)29-4/h5-6,9-10,26H,7-8H2,1-4H3,(H,23,27)(H,21,24,25). The first-order chi connectivity index (χ1) is 14.9. The van der Waals surface area contributed by atoms with Gasteiger partial charge in [-0.25, -0.2) is 0 Å². The maximum atomic E-state index is 12.8. The van der Waals surface area contributed by atoms with Crippen LogP contribution < -0.4 is 24.8 Å². The van der Waals surface area contributed by atoms with Crippen LogP contribution in [0.25, 0.3) is 0 Å². The summed E-state index contributed by atoms with van der Waals surface area (Å²) in [4.78, 5) is 25.4. The summed E-state index contributed by atoms with van der Waals surface area (Å²) in [5, 5.41) is 16.4. The van der Waals surface area contributed by atoms with Crippen LogP contribution in [0.2, 0.25) is 0 Å². The normalized spacial score (nSPS) is 10.5. The summed E-state index contributed by atoms with van der Waals surface area (Å²) in [6.07, 6.45) is 0. The fraction of sp³-hybridized carbons (Fsp3) is 0.300. The van der Waals surface area contributed by atoms with Crippen molar-refractivity contribution in [3.63, 3.8) is 0 Å². The fourth-order valence-electron chi connectivity index (χ4n) is 2.57. The van der Waals surface area contributed by atoms with Gasteiger partial charge < -0.3 is 30.0 Å². The van der Waals surface area contributed by atoms with Crippen LogP contribution in [-0.2, 0) is 0 Å². The summed E-state index contributed by atoms with van der Waals surface area (Å²) in [6.45, 7) is 4.07. The molecule has 0 unspecified atom stereocenters. The molecule has 1 amide bonds. The number of nitrogens with zero attached hydrogens (tertiary/aromatic N) is 3. The molecule has 2 aromatic heterocycles. The molecule has 10 nitrogen and oxygen atoms in total. The Labute approximate surface area is 183 Å². The predicted octanol–water partition coefficient (Wildman–Crippen LogP) is 3.02. The number of hydrogen-bond acceptors (Lipinski definition) is 10. The van der Waals surface area contributed by atoms with E-state index in [1.807, 2.05) is 32.0 Å². The minimum absolute atomic E-state index is 0.0945. The summed E-state index contributed by atoms with van der Waals surface area (Å²) in [7, 11) is 2.82. The molecule has 0 saturated heterocycles. The lowest BCUT2D eigenvalue weighted by Crippen LogP contribution is -2.16. The molecule has 0 aliphatic carbocycles. The topological polar surface area (TPSA) is 128 Å². The molecule has 3 aromatic rings. The first-order valence-corrected chi connectivity index (χ1v) is 10.2. The number of aliphatic hydroxyl groups excluding tert-OH is 1. The average molecular weight is 446 g/mol. The zero-order chi connectivity index (χ0) is 22.4. The highest BCUT2D eigenvalue weighted by Gasteiger charge is 2.21. The number of aryl methyl sites for hydroxylation is 2. The maximum Gasteiger partial charge on any atom is 0.279 e. The number of amides is 1. The maximum absolute atomic E-state index is 12.8. The molecule has 0 aliphatic heterocycles. The van der Waals surface area contributed by atoms with Crippen LogP contribution in [0.5, 0.6) is 22.7 Å². The molecule has 0 atom stereocenters. The van der Waals surface area contributed by atoms with Crippen LogP contribution in [0.4, 0.5) is 11.6 Å². The number of hydrogen-bond donors (Lipinski definition) is 3. The summed E-state index contributed by atoms with van der Waals surface area (Å²) < 4.78 is 16.4. The number of nitrogens with one attached hydrogen (secondary N) is 2. The second-order valence-electron chi connectivity index (χ2n) is 6.41. The lowest BCUT2D eigenvalue weighted by molar-refractivity contribution is 0.102. The Hall–Kier alpha value is -3.44. The molecule has 0 saturated carbocycles. The Morgan fingerprint density at radius 1 is 1.13 bits per heavy atom. The van der Waals surface area contributed by atoms with Crippen LogP contribution >= 0.6 is 11.3 Å². The molecule has 3 rings (SSSR count). The van der Waals surface area contributed by atoms with Crippen molar-refractivity contribution in [3.8, 4) is 22.7 Å². The van der Waals surface area contributed by atoms with Gasteiger partial charge in [0.05, 0.1) is 20.8 Å². The lowest BCUT2D eigenvalue weighted by atomic mass is 10.1. The van der Waals surface area contributed by atoms with E-state index in [9.17, 15) is 4.79 Å². The van der Waals surface area contributed by atoms with Gasteiger partial charge in [0.2, 0.25) is 17.7 Å². The van der Waals surface area contributed by atoms with Crippen molar-refractivity contribution in [2.24, 2.45) is 0 Å². The number of thiazole rings is 1. The number of aliphatic hydroxyl groups is 1. The largest absolute Gasteiger partial charge is 0.479 e. The number of aromatic nitrogens is 3. The number of rotatable bonds is 9. The zero-order valence-electron chi connectivity index (χ0n) is 17.6. The van der Waals surface area contributed by atoms with E-state index in [1.54, 1.807) is 5.38 Å². The number of anilines is 2. The number of carbonyl (C=O) groups excluding carboxylic acids is 1. The molecule has 11 heteroatoms. The highest BCUT2D eigenvalue weighted by atomic mass is 32.1. The van der Waals surface area contributed by atoms with Gasteiger partial charge in [0, 0.05) is 11.9 Å². The van der Waals surface area contributed by atoms with Crippen LogP contribution in [0.15, 0.2) is 23.6 Å². The van der Waals surface area contributed by atoms with E-state index in [2.05, 4.69) is 25.6 Å². The van der Waals surface area contributed by atoms with Crippen molar-refractivity contribution in [3.05, 3.63) is 40.4 Å². The number of ether oxygens (including phenoxy) is 3. The molecule has 0 aliphatic rings. The smallest absolute Gasteiger partial charge is 0.279 e. The van der Waals surface area contributed by atoms with E-state index < -0.39 is 5.91 Å². The molecule has 0 spiro atoms. The highest BCUT2D eigenvalue weighted by molar-refractivity contribution is 7.11. The van der Waals surface area contributed by atoms with E-state index in [1.165, 1.54) is 25.6 Å². The molecule has 164 valence electrons. The molecule has 0 fully saturated rings. The Morgan fingerprint density at radius 3 is 2.48 bits per heavy atom. The third-order valence-electron chi connectivity index (χ3n) is 4.12. The van der Waals surface area contributed by atoms with Gasteiger partial charge in [-0.15, -0.1) is 0 Å². The van der Waals surface area contributed by atoms with Gasteiger partial charge in [-0.2, -0.15) is 15.0 Å². The average Bonchev–Trinajstić information content (AvgIpc) is 3.23. The molecule has 2 heterocycles. The molecule has 3 N–H and O–H groups in total. The van der Waals surface area contributed by atoms with E-state index in [0.717, 1.165) is 11.1 Å². The monoisotopic (exact) mass is 445 g/mol. The third-order valence-corrected chi connectivity index (χ3v) is 4.84. The number of carbonyl (C=O) groups is 1. The summed E-state index contributed by atoms with van der Waals surface area (Å²) in [5.41, 5.74) is 2.35. The second kappa shape index (κ2) is 10.0. The van der Waals surface area contributed by atoms with E-state index in [0.29, 0.717) is 10.9 Å². The van der Waals surface area contributed by atoms with Crippen molar-refractivity contribution >= 4 is 28.9 Å². The van der Waals surface area contributed by atoms with Crippen molar-refractivity contribution < 1.29 is 24.1 Å². The van der Waals surface area contributed by atoms with E-state index >= 15 is 0 Å². The minimum atomic E-state index is -0.497. The van der Waals surface area contributed by atoms with Crippen molar-refractivity contribution in [1.29, 1.82) is 0 Å².